The fourth-order valence-corrected chi connectivity index (χ4v) is 4.97. The van der Waals surface area contributed by atoms with Crippen molar-refractivity contribution in [1.82, 2.24) is 0 Å². The van der Waals surface area contributed by atoms with Crippen LogP contribution in [0.5, 0.6) is 0 Å². The Morgan fingerprint density at radius 2 is 1.59 bits per heavy atom. The number of nitrogens with one attached hydrogen (secondary N) is 2. The van der Waals surface area contributed by atoms with E-state index in [2.05, 4.69) is 20.4 Å². The Bertz CT molecular complexity index is 1630. The summed E-state index contributed by atoms with van der Waals surface area (Å²) in [6, 6.07) is 17.3. The zero-order valence-electron chi connectivity index (χ0n) is 19.4. The fraction of sp³-hybridized carbons (Fsp3) is 0.0455. The van der Waals surface area contributed by atoms with Crippen LogP contribution < -0.4 is 44.7 Å². The first-order valence-corrected chi connectivity index (χ1v) is 13.4. The molecular formula is C22H17ClN5NaO6S2. The molecular weight excluding hydrogens is 553 g/mol. The molecule has 0 saturated carbocycles. The maximum atomic E-state index is 12.9. The topological polar surface area (TPSA) is 160 Å². The molecule has 37 heavy (non-hydrogen) atoms. The standard InChI is InChI=1S/C22H18ClN5O6S2.Na/c1-14-21(22(29)28(26-14)20-13-18(36(32,33)34)10-11-19(20)23)25-24-16-8-5-9-17(12-16)35(30,31)27-15-6-3-2-4-7-15;/h2-13,24,27H,1H3,(H,32,33,34);/q;+1/p-1/b25-21-;. The Labute approximate surface area is 240 Å². The van der Waals surface area contributed by atoms with E-state index in [4.69, 9.17) is 11.6 Å². The number of anilines is 3. The van der Waals surface area contributed by atoms with Gasteiger partial charge >= 0.3 is 35.5 Å². The monoisotopic (exact) mass is 569 g/mol. The van der Waals surface area contributed by atoms with E-state index in [1.54, 1.807) is 36.4 Å². The molecule has 0 radical (unpaired) electrons. The van der Waals surface area contributed by atoms with Gasteiger partial charge in [0.25, 0.3) is 10.0 Å². The predicted octanol–water partition coefficient (Wildman–Crippen LogP) is 0.239. The van der Waals surface area contributed by atoms with Gasteiger partial charge in [0.1, 0.15) is 10.1 Å². The van der Waals surface area contributed by atoms with Crippen molar-refractivity contribution in [3.63, 3.8) is 0 Å². The molecule has 0 unspecified atom stereocenters. The SMILES string of the molecule is CC1=NN(c2cc(S(=O)(=O)[O-])ccc2Cl)C(=O)/C1=N\Nc1cccc(S(=O)(=O)Nc2ccccc2)c1.[Na+]. The number of hydrazone groups is 2. The number of sulfonamides is 1. The molecule has 0 fully saturated rings. The summed E-state index contributed by atoms with van der Waals surface area (Å²) in [6.07, 6.45) is 0. The van der Waals surface area contributed by atoms with Gasteiger partial charge in [-0.15, -0.1) is 0 Å². The van der Waals surface area contributed by atoms with Gasteiger partial charge in [-0.05, 0) is 55.5 Å². The van der Waals surface area contributed by atoms with Crippen LogP contribution >= 0.6 is 11.6 Å². The number of nitrogens with zero attached hydrogens (tertiary/aromatic N) is 3. The van der Waals surface area contributed by atoms with Crippen LogP contribution in [0.25, 0.3) is 0 Å². The summed E-state index contributed by atoms with van der Waals surface area (Å²) in [5, 5.41) is 8.93. The second-order valence-electron chi connectivity index (χ2n) is 7.44. The predicted molar refractivity (Wildman–Crippen MR) is 135 cm³/mol. The van der Waals surface area contributed by atoms with E-state index in [-0.39, 0.29) is 62.3 Å². The molecule has 1 amide bonds. The molecule has 0 saturated heterocycles. The zero-order valence-corrected chi connectivity index (χ0v) is 23.8. The first-order chi connectivity index (χ1) is 17.0. The largest absolute Gasteiger partial charge is 1.00 e. The van der Waals surface area contributed by atoms with E-state index in [0.29, 0.717) is 5.69 Å². The molecule has 186 valence electrons. The van der Waals surface area contributed by atoms with Gasteiger partial charge < -0.3 is 4.55 Å². The maximum Gasteiger partial charge on any atom is 1.00 e. The molecule has 1 aliphatic heterocycles. The molecule has 2 N–H and O–H groups in total. The van der Waals surface area contributed by atoms with Crippen molar-refractivity contribution < 1.29 is 55.7 Å². The van der Waals surface area contributed by atoms with Crippen molar-refractivity contribution in [1.29, 1.82) is 0 Å². The van der Waals surface area contributed by atoms with E-state index in [0.717, 1.165) is 17.1 Å². The van der Waals surface area contributed by atoms with Crippen molar-refractivity contribution >= 4 is 66.1 Å². The number of amides is 1. The summed E-state index contributed by atoms with van der Waals surface area (Å²) in [6.45, 7) is 1.49. The molecule has 3 aromatic carbocycles. The third-order valence-corrected chi connectivity index (χ3v) is 7.42. The van der Waals surface area contributed by atoms with Crippen LogP contribution in [0.15, 0.2) is 92.8 Å². The van der Waals surface area contributed by atoms with Crippen LogP contribution in [0.3, 0.4) is 0 Å². The fourth-order valence-electron chi connectivity index (χ4n) is 3.17. The number of rotatable bonds is 7. The van der Waals surface area contributed by atoms with Crippen LogP contribution in [0, 0.1) is 0 Å². The third-order valence-electron chi connectivity index (χ3n) is 4.89. The molecule has 0 bridgehead atoms. The molecule has 1 aliphatic rings. The Balaban J connectivity index is 0.00000380. The zero-order chi connectivity index (χ0) is 26.1. The minimum absolute atomic E-state index is 0. The van der Waals surface area contributed by atoms with Crippen LogP contribution in [0.1, 0.15) is 6.92 Å². The number of hydrogen-bond acceptors (Lipinski definition) is 9. The Morgan fingerprint density at radius 1 is 0.919 bits per heavy atom. The van der Waals surface area contributed by atoms with Gasteiger partial charge in [0.05, 0.1) is 31.9 Å². The van der Waals surface area contributed by atoms with Crippen molar-refractivity contribution in [3.05, 3.63) is 77.8 Å². The van der Waals surface area contributed by atoms with Crippen molar-refractivity contribution in [3.8, 4) is 0 Å². The van der Waals surface area contributed by atoms with E-state index in [9.17, 15) is 26.2 Å². The van der Waals surface area contributed by atoms with Gasteiger partial charge in [-0.3, -0.25) is 14.9 Å². The quantitative estimate of drug-likeness (QED) is 0.234. The summed E-state index contributed by atoms with van der Waals surface area (Å²) >= 11 is 6.10. The Hall–Kier alpha value is -2.78. The molecule has 0 spiro atoms. The average molecular weight is 570 g/mol. The van der Waals surface area contributed by atoms with Gasteiger partial charge in [-0.1, -0.05) is 35.9 Å². The number of carbonyl (C=O) groups is 1. The first-order valence-electron chi connectivity index (χ1n) is 10.1. The summed E-state index contributed by atoms with van der Waals surface area (Å²) in [5.74, 6) is -0.739. The number of hydrogen-bond donors (Lipinski definition) is 2. The summed E-state index contributed by atoms with van der Waals surface area (Å²) in [5.41, 5.74) is 3.24. The molecule has 0 aliphatic carbocycles. The van der Waals surface area contributed by atoms with Crippen LogP contribution in [0.2, 0.25) is 5.02 Å². The van der Waals surface area contributed by atoms with Crippen LogP contribution in [-0.2, 0) is 24.9 Å². The molecule has 15 heteroatoms. The van der Waals surface area contributed by atoms with Crippen molar-refractivity contribution in [2.24, 2.45) is 10.2 Å². The van der Waals surface area contributed by atoms with Crippen LogP contribution in [0.4, 0.5) is 17.1 Å². The van der Waals surface area contributed by atoms with Crippen molar-refractivity contribution in [2.75, 3.05) is 15.2 Å². The second-order valence-corrected chi connectivity index (χ2v) is 10.9. The Morgan fingerprint density at radius 3 is 2.27 bits per heavy atom. The van der Waals surface area contributed by atoms with Gasteiger partial charge in [-0.2, -0.15) is 15.2 Å². The summed E-state index contributed by atoms with van der Waals surface area (Å²) < 4.78 is 62.0. The van der Waals surface area contributed by atoms with Crippen molar-refractivity contribution in [2.45, 2.75) is 16.7 Å². The minimum atomic E-state index is -4.79. The first kappa shape index (κ1) is 28.8. The minimum Gasteiger partial charge on any atom is -0.744 e. The second kappa shape index (κ2) is 11.3. The summed E-state index contributed by atoms with van der Waals surface area (Å²) in [4.78, 5) is 12.3. The average Bonchev–Trinajstić information content (AvgIpc) is 3.10. The normalized spacial score (nSPS) is 14.8. The maximum absolute atomic E-state index is 12.9. The third kappa shape index (κ3) is 6.57. The van der Waals surface area contributed by atoms with Gasteiger partial charge in [-0.25, -0.2) is 16.8 Å². The molecule has 11 nitrogen and oxygen atoms in total. The number of benzene rings is 3. The van der Waals surface area contributed by atoms with E-state index in [1.165, 1.54) is 31.2 Å². The number of carbonyl (C=O) groups excluding carboxylic acids is 1. The van der Waals surface area contributed by atoms with E-state index in [1.807, 2.05) is 0 Å². The van der Waals surface area contributed by atoms with Gasteiger partial charge in [0.15, 0.2) is 5.71 Å². The van der Waals surface area contributed by atoms with Gasteiger partial charge in [0, 0.05) is 5.69 Å². The molecule has 1 heterocycles. The number of para-hydroxylation sites is 1. The molecule has 0 atom stereocenters. The Kier molecular flexibility index (Phi) is 8.80. The molecule has 3 aromatic rings. The summed E-state index contributed by atoms with van der Waals surface area (Å²) in [7, 11) is -8.68. The van der Waals surface area contributed by atoms with Crippen LogP contribution in [-0.4, -0.2) is 38.7 Å². The smallest absolute Gasteiger partial charge is 0.744 e. The van der Waals surface area contributed by atoms with E-state index < -0.39 is 30.9 Å². The van der Waals surface area contributed by atoms with Gasteiger partial charge in [0.2, 0.25) is 0 Å². The molecule has 4 rings (SSSR count). The number of halogens is 1. The molecule has 0 aromatic heterocycles. The van der Waals surface area contributed by atoms with E-state index >= 15 is 0 Å².